The number of rotatable bonds is 1. The molecule has 1 aromatic rings. The zero-order chi connectivity index (χ0) is 6.85. The third-order valence-electron chi connectivity index (χ3n) is 0.969. The zero-order valence-electron chi connectivity index (χ0n) is 4.92. The molecule has 1 rings (SSSR count). The summed E-state index contributed by atoms with van der Waals surface area (Å²) in [7, 11) is 0. The number of hydrogen-bond acceptors (Lipinski definition) is 3. The fourth-order valence-corrected chi connectivity index (χ4v) is 1.49. The van der Waals surface area contributed by atoms with Crippen LogP contribution >= 0.6 is 23.6 Å². The van der Waals surface area contributed by atoms with E-state index in [0.29, 0.717) is 4.99 Å². The number of aryl methyl sites for hydroxylation is 1. The molecule has 2 N–H and O–H groups in total. The summed E-state index contributed by atoms with van der Waals surface area (Å²) in [6.07, 6.45) is 0. The monoisotopic (exact) mass is 158 g/mol. The second-order valence-corrected chi connectivity index (χ2v) is 2.93. The highest BCUT2D eigenvalue weighted by molar-refractivity contribution is 7.81. The lowest BCUT2D eigenvalue weighted by atomic mass is 10.4. The molecule has 1 heterocycles. The summed E-state index contributed by atoms with van der Waals surface area (Å²) >= 11 is 6.23. The van der Waals surface area contributed by atoms with E-state index in [2.05, 4.69) is 4.98 Å². The van der Waals surface area contributed by atoms with Gasteiger partial charge in [-0.1, -0.05) is 12.2 Å². The van der Waals surface area contributed by atoms with Crippen LogP contribution in [0.2, 0.25) is 0 Å². The van der Waals surface area contributed by atoms with E-state index in [-0.39, 0.29) is 0 Å². The van der Waals surface area contributed by atoms with Gasteiger partial charge in [-0.25, -0.2) is 4.98 Å². The Morgan fingerprint density at radius 1 is 1.89 bits per heavy atom. The van der Waals surface area contributed by atoms with Gasteiger partial charge in [-0.05, 0) is 6.92 Å². The van der Waals surface area contributed by atoms with E-state index in [4.69, 9.17) is 18.0 Å². The molecule has 0 atom stereocenters. The van der Waals surface area contributed by atoms with Crippen LogP contribution in [-0.4, -0.2) is 9.97 Å². The fraction of sp³-hybridized carbons (Fsp3) is 0.200. The predicted molar refractivity (Wildman–Crippen MR) is 42.7 cm³/mol. The zero-order valence-corrected chi connectivity index (χ0v) is 6.55. The number of nitrogens with two attached hydrogens (primary N) is 1. The Hall–Kier alpha value is -0.480. The number of thiocarbonyl (C=S) groups is 1. The van der Waals surface area contributed by atoms with E-state index in [9.17, 15) is 0 Å². The minimum Gasteiger partial charge on any atom is -0.389 e. The first-order valence-electron chi connectivity index (χ1n) is 2.41. The Morgan fingerprint density at radius 2 is 2.56 bits per heavy atom. The normalized spacial score (nSPS) is 9.44. The van der Waals surface area contributed by atoms with Gasteiger partial charge in [-0.15, -0.1) is 11.3 Å². The van der Waals surface area contributed by atoms with Gasteiger partial charge in [0.25, 0.3) is 0 Å². The van der Waals surface area contributed by atoms with Gasteiger partial charge in [0.2, 0.25) is 0 Å². The molecule has 48 valence electrons. The smallest absolute Gasteiger partial charge is 0.116 e. The molecule has 0 fully saturated rings. The third-order valence-corrected chi connectivity index (χ3v) is 2.26. The van der Waals surface area contributed by atoms with E-state index in [1.165, 1.54) is 11.3 Å². The van der Waals surface area contributed by atoms with Gasteiger partial charge in [0, 0.05) is 0 Å². The van der Waals surface area contributed by atoms with Crippen molar-refractivity contribution in [3.63, 3.8) is 0 Å². The van der Waals surface area contributed by atoms with Gasteiger partial charge in [-0.2, -0.15) is 0 Å². The molecule has 0 bridgehead atoms. The molecule has 0 amide bonds. The molecular formula is C5H6N2S2. The minimum absolute atomic E-state index is 0.440. The average Bonchev–Trinajstić information content (AvgIpc) is 2.13. The molecule has 0 aliphatic rings. The van der Waals surface area contributed by atoms with Crippen molar-refractivity contribution in [2.45, 2.75) is 6.92 Å². The van der Waals surface area contributed by atoms with Crippen LogP contribution in [0.5, 0.6) is 0 Å². The maximum Gasteiger partial charge on any atom is 0.116 e. The third kappa shape index (κ3) is 1.25. The maximum atomic E-state index is 5.36. The van der Waals surface area contributed by atoms with Gasteiger partial charge >= 0.3 is 0 Å². The highest BCUT2D eigenvalue weighted by atomic mass is 32.1. The molecule has 0 radical (unpaired) electrons. The van der Waals surface area contributed by atoms with Gasteiger partial charge in [-0.3, -0.25) is 0 Å². The van der Waals surface area contributed by atoms with E-state index < -0.39 is 0 Å². The Labute approximate surface area is 62.7 Å². The molecule has 1 aromatic heterocycles. The van der Waals surface area contributed by atoms with Crippen molar-refractivity contribution in [1.82, 2.24) is 4.98 Å². The lowest BCUT2D eigenvalue weighted by Gasteiger charge is -1.89. The van der Waals surface area contributed by atoms with Crippen LogP contribution in [0.15, 0.2) is 5.51 Å². The molecule has 0 unspecified atom stereocenters. The van der Waals surface area contributed by atoms with Crippen LogP contribution in [0.4, 0.5) is 0 Å². The van der Waals surface area contributed by atoms with Gasteiger partial charge in [0.15, 0.2) is 0 Å². The Morgan fingerprint density at radius 3 is 2.78 bits per heavy atom. The summed E-state index contributed by atoms with van der Waals surface area (Å²) in [6.45, 7) is 1.89. The summed E-state index contributed by atoms with van der Waals surface area (Å²) < 4.78 is 0. The maximum absolute atomic E-state index is 5.36. The SMILES string of the molecule is Cc1ncsc1C(N)=S. The highest BCUT2D eigenvalue weighted by Crippen LogP contribution is 2.10. The second-order valence-electron chi connectivity index (χ2n) is 1.63. The van der Waals surface area contributed by atoms with E-state index in [1.54, 1.807) is 5.51 Å². The average molecular weight is 158 g/mol. The first kappa shape index (κ1) is 6.64. The van der Waals surface area contributed by atoms with Crippen LogP contribution in [0.25, 0.3) is 0 Å². The first-order valence-corrected chi connectivity index (χ1v) is 3.70. The molecular weight excluding hydrogens is 152 g/mol. The Bertz CT molecular complexity index is 229. The van der Waals surface area contributed by atoms with Crippen molar-refractivity contribution >= 4 is 28.5 Å². The Balaban J connectivity index is 3.08. The standard InChI is InChI=1S/C5H6N2S2/c1-3-4(5(6)8)9-2-7-3/h2H,1H3,(H2,6,8). The van der Waals surface area contributed by atoms with E-state index in [1.807, 2.05) is 6.92 Å². The van der Waals surface area contributed by atoms with Crippen molar-refractivity contribution in [1.29, 1.82) is 0 Å². The molecule has 0 saturated heterocycles. The molecule has 4 heteroatoms. The second kappa shape index (κ2) is 2.41. The number of hydrogen-bond donors (Lipinski definition) is 1. The van der Waals surface area contributed by atoms with Crippen molar-refractivity contribution in [3.8, 4) is 0 Å². The topological polar surface area (TPSA) is 38.9 Å². The van der Waals surface area contributed by atoms with Crippen LogP contribution in [0, 0.1) is 6.92 Å². The van der Waals surface area contributed by atoms with E-state index >= 15 is 0 Å². The van der Waals surface area contributed by atoms with Crippen LogP contribution in [0.3, 0.4) is 0 Å². The summed E-state index contributed by atoms with van der Waals surface area (Å²) in [5, 5.41) is 0. The van der Waals surface area contributed by atoms with Crippen LogP contribution in [-0.2, 0) is 0 Å². The highest BCUT2D eigenvalue weighted by Gasteiger charge is 2.01. The molecule has 0 aliphatic heterocycles. The summed E-state index contributed by atoms with van der Waals surface area (Å²) in [5.74, 6) is 0. The summed E-state index contributed by atoms with van der Waals surface area (Å²) in [6, 6.07) is 0. The summed E-state index contributed by atoms with van der Waals surface area (Å²) in [4.78, 5) is 5.35. The molecule has 2 nitrogen and oxygen atoms in total. The molecule has 0 spiro atoms. The number of nitrogens with zero attached hydrogens (tertiary/aromatic N) is 1. The Kier molecular flexibility index (Phi) is 1.78. The molecule has 9 heavy (non-hydrogen) atoms. The van der Waals surface area contributed by atoms with Crippen molar-refractivity contribution in [2.75, 3.05) is 0 Å². The lowest BCUT2D eigenvalue weighted by molar-refractivity contribution is 1.26. The quantitative estimate of drug-likeness (QED) is 0.622. The molecule has 0 saturated carbocycles. The van der Waals surface area contributed by atoms with Crippen molar-refractivity contribution in [3.05, 3.63) is 16.1 Å². The lowest BCUT2D eigenvalue weighted by Crippen LogP contribution is -2.08. The largest absolute Gasteiger partial charge is 0.389 e. The number of aromatic nitrogens is 1. The molecule has 0 aliphatic carbocycles. The predicted octanol–water partition coefficient (Wildman–Crippen LogP) is 1.09. The first-order chi connectivity index (χ1) is 4.22. The minimum atomic E-state index is 0.440. The fourth-order valence-electron chi connectivity index (χ4n) is 0.538. The van der Waals surface area contributed by atoms with Crippen molar-refractivity contribution in [2.24, 2.45) is 5.73 Å². The van der Waals surface area contributed by atoms with Crippen LogP contribution < -0.4 is 5.73 Å². The van der Waals surface area contributed by atoms with Crippen LogP contribution in [0.1, 0.15) is 10.6 Å². The number of thiazole rings is 1. The summed E-state index contributed by atoms with van der Waals surface area (Å²) in [5.41, 5.74) is 8.02. The van der Waals surface area contributed by atoms with Crippen molar-refractivity contribution < 1.29 is 0 Å². The van der Waals surface area contributed by atoms with E-state index in [0.717, 1.165) is 10.6 Å². The van der Waals surface area contributed by atoms with Gasteiger partial charge in [0.1, 0.15) is 4.99 Å². The van der Waals surface area contributed by atoms with Gasteiger partial charge in [0.05, 0.1) is 16.1 Å². The van der Waals surface area contributed by atoms with Gasteiger partial charge < -0.3 is 5.73 Å². The molecule has 0 aromatic carbocycles.